The molecule has 1 aromatic carbocycles. The summed E-state index contributed by atoms with van der Waals surface area (Å²) in [7, 11) is -3.50. The molecule has 2 N–H and O–H groups in total. The fourth-order valence-electron chi connectivity index (χ4n) is 2.88. The van der Waals surface area contributed by atoms with Crippen LogP contribution < -0.4 is 5.73 Å². The second kappa shape index (κ2) is 6.36. The number of halogens is 1. The molecule has 2 rings (SSSR count). The third-order valence-electron chi connectivity index (χ3n) is 4.42. The van der Waals surface area contributed by atoms with E-state index < -0.39 is 10.0 Å². The highest BCUT2D eigenvalue weighted by Gasteiger charge is 2.35. The number of aryl methyl sites for hydroxylation is 1. The minimum absolute atomic E-state index is 0.0255. The first kappa shape index (κ1) is 16.9. The molecule has 0 radical (unpaired) electrons. The molecular weight excluding hydrogens is 352 g/mol. The van der Waals surface area contributed by atoms with Gasteiger partial charge in [0.2, 0.25) is 10.0 Å². The van der Waals surface area contributed by atoms with Gasteiger partial charge in [-0.25, -0.2) is 8.42 Å². The van der Waals surface area contributed by atoms with Gasteiger partial charge in [0.25, 0.3) is 0 Å². The van der Waals surface area contributed by atoms with Gasteiger partial charge in [-0.3, -0.25) is 0 Å². The molecule has 1 heterocycles. The van der Waals surface area contributed by atoms with E-state index in [1.165, 1.54) is 0 Å². The number of hydrogen-bond acceptors (Lipinski definition) is 3. The molecule has 0 saturated carbocycles. The predicted molar refractivity (Wildman–Crippen MR) is 88.5 cm³/mol. The van der Waals surface area contributed by atoms with Crippen LogP contribution in [0.1, 0.15) is 37.8 Å². The van der Waals surface area contributed by atoms with Crippen LogP contribution in [0.3, 0.4) is 0 Å². The molecule has 1 aromatic rings. The van der Waals surface area contributed by atoms with Gasteiger partial charge in [-0.2, -0.15) is 4.31 Å². The quantitative estimate of drug-likeness (QED) is 0.883. The van der Waals surface area contributed by atoms with Crippen molar-refractivity contribution in [1.82, 2.24) is 4.31 Å². The van der Waals surface area contributed by atoms with Gasteiger partial charge in [-0.05, 0) is 65.7 Å². The normalized spacial score (nSPS) is 24.2. The molecule has 6 heteroatoms. The van der Waals surface area contributed by atoms with E-state index in [1.807, 2.05) is 19.9 Å². The third kappa shape index (κ3) is 3.18. The van der Waals surface area contributed by atoms with Crippen molar-refractivity contribution in [2.45, 2.75) is 51.1 Å². The number of nitrogens with zero attached hydrogens (tertiary/aromatic N) is 1. The van der Waals surface area contributed by atoms with E-state index in [0.29, 0.717) is 28.4 Å². The van der Waals surface area contributed by atoms with Crippen molar-refractivity contribution >= 4 is 26.0 Å². The monoisotopic (exact) mass is 374 g/mol. The van der Waals surface area contributed by atoms with Gasteiger partial charge in [0.05, 0.1) is 4.90 Å². The number of rotatable bonds is 3. The van der Waals surface area contributed by atoms with E-state index in [0.717, 1.165) is 24.0 Å². The van der Waals surface area contributed by atoms with Crippen LogP contribution in [0.5, 0.6) is 0 Å². The molecule has 21 heavy (non-hydrogen) atoms. The fraction of sp³-hybridized carbons (Fsp3) is 0.600. The first-order valence-electron chi connectivity index (χ1n) is 7.30. The molecule has 2 unspecified atom stereocenters. The molecular formula is C15H23BrN2O2S. The SMILES string of the molecule is Cc1cc(CN)cc(S(=O)(=O)N2CCCC(C)C2C)c1Br. The number of nitrogens with two attached hydrogens (primary N) is 1. The van der Waals surface area contributed by atoms with Gasteiger partial charge in [0.15, 0.2) is 0 Å². The van der Waals surface area contributed by atoms with Crippen LogP contribution >= 0.6 is 15.9 Å². The molecule has 0 aromatic heterocycles. The van der Waals surface area contributed by atoms with Crippen LogP contribution in [-0.4, -0.2) is 25.3 Å². The maximum atomic E-state index is 13.0. The number of piperidine rings is 1. The van der Waals surface area contributed by atoms with Crippen molar-refractivity contribution in [1.29, 1.82) is 0 Å². The van der Waals surface area contributed by atoms with E-state index in [-0.39, 0.29) is 6.04 Å². The fourth-order valence-corrected chi connectivity index (χ4v) is 5.68. The zero-order valence-electron chi connectivity index (χ0n) is 12.8. The van der Waals surface area contributed by atoms with Crippen LogP contribution in [-0.2, 0) is 16.6 Å². The number of benzene rings is 1. The van der Waals surface area contributed by atoms with Crippen molar-refractivity contribution in [3.63, 3.8) is 0 Å². The smallest absolute Gasteiger partial charge is 0.244 e. The lowest BCUT2D eigenvalue weighted by Gasteiger charge is -2.37. The molecule has 1 fully saturated rings. The summed E-state index contributed by atoms with van der Waals surface area (Å²) in [6, 6.07) is 3.64. The summed E-state index contributed by atoms with van der Waals surface area (Å²) in [6.07, 6.45) is 1.99. The Morgan fingerprint density at radius 3 is 2.67 bits per heavy atom. The average Bonchev–Trinajstić information content (AvgIpc) is 2.44. The van der Waals surface area contributed by atoms with E-state index in [9.17, 15) is 8.42 Å². The number of sulfonamides is 1. The molecule has 1 aliphatic rings. The standard InChI is InChI=1S/C15H23BrN2O2S/c1-10-5-4-6-18(12(10)3)21(19,20)14-8-13(9-17)7-11(2)15(14)16/h7-8,10,12H,4-6,9,17H2,1-3H3. The minimum atomic E-state index is -3.50. The average molecular weight is 375 g/mol. The van der Waals surface area contributed by atoms with Crippen molar-refractivity contribution in [2.75, 3.05) is 6.54 Å². The van der Waals surface area contributed by atoms with E-state index in [2.05, 4.69) is 22.9 Å². The Labute approximate surface area is 135 Å². The molecule has 118 valence electrons. The third-order valence-corrected chi connectivity index (χ3v) is 7.74. The highest BCUT2D eigenvalue weighted by Crippen LogP contribution is 2.34. The van der Waals surface area contributed by atoms with Gasteiger partial charge < -0.3 is 5.73 Å². The Hall–Kier alpha value is -0.430. The second-order valence-corrected chi connectivity index (χ2v) is 8.56. The van der Waals surface area contributed by atoms with Crippen LogP contribution in [0.15, 0.2) is 21.5 Å². The molecule has 1 saturated heterocycles. The summed E-state index contributed by atoms with van der Waals surface area (Å²) in [4.78, 5) is 0.337. The van der Waals surface area contributed by atoms with Gasteiger partial charge in [-0.15, -0.1) is 0 Å². The van der Waals surface area contributed by atoms with Crippen LogP contribution in [0, 0.1) is 12.8 Å². The first-order valence-corrected chi connectivity index (χ1v) is 9.53. The Bertz CT molecular complexity index is 631. The molecule has 0 bridgehead atoms. The van der Waals surface area contributed by atoms with Gasteiger partial charge >= 0.3 is 0 Å². The summed E-state index contributed by atoms with van der Waals surface area (Å²) in [5, 5.41) is 0. The van der Waals surface area contributed by atoms with Gasteiger partial charge in [0, 0.05) is 23.6 Å². The topological polar surface area (TPSA) is 63.4 Å². The lowest BCUT2D eigenvalue weighted by molar-refractivity contribution is 0.202. The van der Waals surface area contributed by atoms with Gasteiger partial charge in [-0.1, -0.05) is 13.0 Å². The maximum Gasteiger partial charge on any atom is 0.244 e. The predicted octanol–water partition coefficient (Wildman–Crippen LogP) is 3.03. The van der Waals surface area contributed by atoms with Crippen LogP contribution in [0.4, 0.5) is 0 Å². The van der Waals surface area contributed by atoms with Crippen molar-refractivity contribution in [3.05, 3.63) is 27.7 Å². The highest BCUT2D eigenvalue weighted by molar-refractivity contribution is 9.10. The first-order chi connectivity index (χ1) is 9.78. The summed E-state index contributed by atoms with van der Waals surface area (Å²) in [5.74, 6) is 0.381. The van der Waals surface area contributed by atoms with Crippen molar-refractivity contribution in [2.24, 2.45) is 11.7 Å². The lowest BCUT2D eigenvalue weighted by atomic mass is 9.94. The molecule has 0 aliphatic carbocycles. The Morgan fingerprint density at radius 1 is 1.38 bits per heavy atom. The van der Waals surface area contributed by atoms with Crippen LogP contribution in [0.25, 0.3) is 0 Å². The molecule has 1 aliphatic heterocycles. The maximum absolute atomic E-state index is 13.0. The summed E-state index contributed by atoms with van der Waals surface area (Å²) < 4.78 is 28.4. The Morgan fingerprint density at radius 2 is 2.05 bits per heavy atom. The molecule has 2 atom stereocenters. The van der Waals surface area contributed by atoms with E-state index >= 15 is 0 Å². The molecule has 0 amide bonds. The number of hydrogen-bond donors (Lipinski definition) is 1. The van der Waals surface area contributed by atoms with Gasteiger partial charge in [0.1, 0.15) is 0 Å². The zero-order valence-corrected chi connectivity index (χ0v) is 15.2. The van der Waals surface area contributed by atoms with Crippen molar-refractivity contribution in [3.8, 4) is 0 Å². The summed E-state index contributed by atoms with van der Waals surface area (Å²) in [6.45, 7) is 6.93. The highest BCUT2D eigenvalue weighted by atomic mass is 79.9. The Kier molecular flexibility index (Phi) is 5.13. The zero-order chi connectivity index (χ0) is 15.8. The summed E-state index contributed by atoms with van der Waals surface area (Å²) in [5.41, 5.74) is 7.42. The van der Waals surface area contributed by atoms with Crippen molar-refractivity contribution < 1.29 is 8.42 Å². The van der Waals surface area contributed by atoms with E-state index in [4.69, 9.17) is 5.73 Å². The lowest BCUT2D eigenvalue weighted by Crippen LogP contribution is -2.46. The Balaban J connectivity index is 2.51. The minimum Gasteiger partial charge on any atom is -0.326 e. The summed E-state index contributed by atoms with van der Waals surface area (Å²) >= 11 is 3.43. The van der Waals surface area contributed by atoms with Crippen LogP contribution in [0.2, 0.25) is 0 Å². The molecule has 0 spiro atoms. The molecule has 4 nitrogen and oxygen atoms in total. The largest absolute Gasteiger partial charge is 0.326 e. The second-order valence-electron chi connectivity index (χ2n) is 5.90. The van der Waals surface area contributed by atoms with E-state index in [1.54, 1.807) is 10.4 Å².